The predicted molar refractivity (Wildman–Crippen MR) is 85.2 cm³/mol. The van der Waals surface area contributed by atoms with Crippen LogP contribution in [0.1, 0.15) is 19.4 Å². The van der Waals surface area contributed by atoms with E-state index in [9.17, 15) is 4.79 Å². The fourth-order valence-electron chi connectivity index (χ4n) is 2.06. The Morgan fingerprint density at radius 2 is 2.05 bits per heavy atom. The summed E-state index contributed by atoms with van der Waals surface area (Å²) in [7, 11) is 0. The van der Waals surface area contributed by atoms with Gasteiger partial charge in [-0.25, -0.2) is 0 Å². The zero-order valence-electron chi connectivity index (χ0n) is 11.6. The highest BCUT2D eigenvalue weighted by atomic mass is 79.9. The monoisotopic (exact) mass is 362 g/mol. The van der Waals surface area contributed by atoms with Gasteiger partial charge in [0.25, 0.3) is 5.91 Å². The molecule has 0 saturated carbocycles. The molecule has 4 nitrogen and oxygen atoms in total. The van der Waals surface area contributed by atoms with Crippen LogP contribution in [-0.4, -0.2) is 31.7 Å². The van der Waals surface area contributed by atoms with Gasteiger partial charge in [-0.1, -0.05) is 28.1 Å². The Morgan fingerprint density at radius 1 is 1.40 bits per heavy atom. The molecule has 2 rings (SSSR count). The van der Waals surface area contributed by atoms with Crippen molar-refractivity contribution in [1.29, 1.82) is 0 Å². The van der Waals surface area contributed by atoms with E-state index in [-0.39, 0.29) is 18.3 Å². The lowest BCUT2D eigenvalue weighted by molar-refractivity contribution is -0.136. The minimum Gasteiger partial charge on any atom is -0.366 e. The number of hydrogen-bond acceptors (Lipinski definition) is 3. The van der Waals surface area contributed by atoms with Gasteiger partial charge in [-0.15, -0.1) is 12.4 Å². The molecule has 6 heteroatoms. The second kappa shape index (κ2) is 7.41. The molecule has 1 aromatic carbocycles. The molecular formula is C14H20BrClN2O2. The van der Waals surface area contributed by atoms with Crippen molar-refractivity contribution in [2.24, 2.45) is 0 Å². The van der Waals surface area contributed by atoms with Crippen LogP contribution in [0.5, 0.6) is 0 Å². The SMILES string of the molecule is CC(C)(NC(=O)C1CNCCO1)c1ccc(Br)cc1.Cl. The van der Waals surface area contributed by atoms with Gasteiger partial charge in [0.1, 0.15) is 6.10 Å². The summed E-state index contributed by atoms with van der Waals surface area (Å²) in [6.45, 7) is 5.94. The Morgan fingerprint density at radius 3 is 2.60 bits per heavy atom. The number of morpholine rings is 1. The van der Waals surface area contributed by atoms with Gasteiger partial charge in [-0.05, 0) is 31.5 Å². The Hall–Kier alpha value is -0.620. The first-order valence-corrected chi connectivity index (χ1v) is 7.19. The molecule has 1 heterocycles. The molecule has 1 atom stereocenters. The average Bonchev–Trinajstić information content (AvgIpc) is 2.40. The normalized spacial score (nSPS) is 19.1. The second-order valence-corrected chi connectivity index (χ2v) is 6.10. The molecule has 0 aliphatic carbocycles. The molecule has 2 N–H and O–H groups in total. The van der Waals surface area contributed by atoms with Crippen molar-refractivity contribution >= 4 is 34.2 Å². The van der Waals surface area contributed by atoms with Gasteiger partial charge in [-0.2, -0.15) is 0 Å². The van der Waals surface area contributed by atoms with Crippen molar-refractivity contribution in [3.63, 3.8) is 0 Å². The highest BCUT2D eigenvalue weighted by Crippen LogP contribution is 2.22. The first kappa shape index (κ1) is 17.4. The smallest absolute Gasteiger partial charge is 0.251 e. The molecule has 1 aromatic rings. The van der Waals surface area contributed by atoms with E-state index >= 15 is 0 Å². The summed E-state index contributed by atoms with van der Waals surface area (Å²) in [5, 5.41) is 6.20. The van der Waals surface area contributed by atoms with Gasteiger partial charge in [0.2, 0.25) is 0 Å². The molecule has 0 radical (unpaired) electrons. The van der Waals surface area contributed by atoms with Crippen LogP contribution in [0.15, 0.2) is 28.7 Å². The molecule has 0 bridgehead atoms. The highest BCUT2D eigenvalue weighted by molar-refractivity contribution is 9.10. The summed E-state index contributed by atoms with van der Waals surface area (Å²) in [5.41, 5.74) is 0.645. The molecule has 0 spiro atoms. The number of amides is 1. The van der Waals surface area contributed by atoms with Crippen molar-refractivity contribution in [3.8, 4) is 0 Å². The van der Waals surface area contributed by atoms with Crippen LogP contribution in [0, 0.1) is 0 Å². The van der Waals surface area contributed by atoms with E-state index < -0.39 is 11.6 Å². The molecule has 1 unspecified atom stereocenters. The van der Waals surface area contributed by atoms with Gasteiger partial charge in [0.15, 0.2) is 0 Å². The number of halogens is 2. The Kier molecular flexibility index (Phi) is 6.45. The van der Waals surface area contributed by atoms with Crippen LogP contribution >= 0.6 is 28.3 Å². The van der Waals surface area contributed by atoms with Crippen LogP contribution in [0.25, 0.3) is 0 Å². The summed E-state index contributed by atoms with van der Waals surface area (Å²) in [6, 6.07) is 7.96. The Balaban J connectivity index is 0.00000200. The van der Waals surface area contributed by atoms with Crippen LogP contribution in [0.2, 0.25) is 0 Å². The summed E-state index contributed by atoms with van der Waals surface area (Å²) in [4.78, 5) is 12.2. The van der Waals surface area contributed by atoms with E-state index in [4.69, 9.17) is 4.74 Å². The third-order valence-corrected chi connectivity index (χ3v) is 3.75. The third-order valence-electron chi connectivity index (χ3n) is 3.22. The summed E-state index contributed by atoms with van der Waals surface area (Å²) in [6.07, 6.45) is -0.400. The first-order chi connectivity index (χ1) is 8.99. The zero-order chi connectivity index (χ0) is 13.9. The topological polar surface area (TPSA) is 50.4 Å². The van der Waals surface area contributed by atoms with Crippen molar-refractivity contribution in [3.05, 3.63) is 34.3 Å². The summed E-state index contributed by atoms with van der Waals surface area (Å²) < 4.78 is 6.48. The number of ether oxygens (including phenoxy) is 1. The highest BCUT2D eigenvalue weighted by Gasteiger charge is 2.28. The van der Waals surface area contributed by atoms with Gasteiger partial charge in [0, 0.05) is 17.6 Å². The number of nitrogens with one attached hydrogen (secondary N) is 2. The van der Waals surface area contributed by atoms with Crippen molar-refractivity contribution in [1.82, 2.24) is 10.6 Å². The quantitative estimate of drug-likeness (QED) is 0.866. The van der Waals surface area contributed by atoms with E-state index in [0.717, 1.165) is 16.6 Å². The van der Waals surface area contributed by atoms with Gasteiger partial charge < -0.3 is 15.4 Å². The summed E-state index contributed by atoms with van der Waals surface area (Å²) >= 11 is 3.41. The number of carbonyl (C=O) groups is 1. The minimum absolute atomic E-state index is 0. The molecule has 1 aliphatic heterocycles. The van der Waals surface area contributed by atoms with Crippen LogP contribution in [0.4, 0.5) is 0 Å². The molecular weight excluding hydrogens is 344 g/mol. The van der Waals surface area contributed by atoms with E-state index in [1.807, 2.05) is 38.1 Å². The molecule has 1 fully saturated rings. The van der Waals surface area contributed by atoms with Gasteiger partial charge >= 0.3 is 0 Å². The molecule has 1 saturated heterocycles. The third kappa shape index (κ3) is 4.45. The maximum Gasteiger partial charge on any atom is 0.251 e. The van der Waals surface area contributed by atoms with Crippen LogP contribution < -0.4 is 10.6 Å². The molecule has 112 valence electrons. The van der Waals surface area contributed by atoms with Crippen molar-refractivity contribution < 1.29 is 9.53 Å². The maximum atomic E-state index is 12.2. The van der Waals surface area contributed by atoms with E-state index in [1.54, 1.807) is 0 Å². The number of carbonyl (C=O) groups excluding carboxylic acids is 1. The van der Waals surface area contributed by atoms with E-state index in [0.29, 0.717) is 13.2 Å². The molecule has 20 heavy (non-hydrogen) atoms. The lowest BCUT2D eigenvalue weighted by atomic mass is 9.94. The maximum absolute atomic E-state index is 12.2. The number of rotatable bonds is 3. The lowest BCUT2D eigenvalue weighted by Crippen LogP contribution is -2.52. The number of benzene rings is 1. The minimum atomic E-state index is -0.418. The first-order valence-electron chi connectivity index (χ1n) is 6.39. The van der Waals surface area contributed by atoms with Crippen LogP contribution in [0.3, 0.4) is 0 Å². The standard InChI is InChI=1S/C14H19BrN2O2.ClH/c1-14(2,10-3-5-11(15)6-4-10)17-13(18)12-9-16-7-8-19-12;/h3-6,12,16H,7-9H2,1-2H3,(H,17,18);1H. The largest absolute Gasteiger partial charge is 0.366 e. The zero-order valence-corrected chi connectivity index (χ0v) is 14.0. The molecule has 1 aliphatic rings. The Bertz CT molecular complexity index is 445. The predicted octanol–water partition coefficient (Wildman–Crippen LogP) is 2.21. The average molecular weight is 364 g/mol. The van der Waals surface area contributed by atoms with Gasteiger partial charge in [0.05, 0.1) is 12.1 Å². The number of hydrogen-bond donors (Lipinski definition) is 2. The molecule has 1 amide bonds. The fraction of sp³-hybridized carbons (Fsp3) is 0.500. The molecule has 0 aromatic heterocycles. The fourth-order valence-corrected chi connectivity index (χ4v) is 2.33. The lowest BCUT2D eigenvalue weighted by Gasteiger charge is -2.31. The van der Waals surface area contributed by atoms with E-state index in [2.05, 4.69) is 26.6 Å². The second-order valence-electron chi connectivity index (χ2n) is 5.18. The van der Waals surface area contributed by atoms with Crippen molar-refractivity contribution in [2.45, 2.75) is 25.5 Å². The van der Waals surface area contributed by atoms with Gasteiger partial charge in [-0.3, -0.25) is 4.79 Å². The van der Waals surface area contributed by atoms with Crippen molar-refractivity contribution in [2.75, 3.05) is 19.7 Å². The van der Waals surface area contributed by atoms with Crippen LogP contribution in [-0.2, 0) is 15.1 Å². The van der Waals surface area contributed by atoms with E-state index in [1.165, 1.54) is 0 Å². The Labute approximate surface area is 134 Å². The summed E-state index contributed by atoms with van der Waals surface area (Å²) in [5.74, 6) is -0.0693.